The molecule has 2 aliphatic rings. The van der Waals surface area contributed by atoms with Crippen molar-refractivity contribution in [1.82, 2.24) is 15.1 Å². The van der Waals surface area contributed by atoms with Gasteiger partial charge >= 0.3 is 0 Å². The molecule has 0 N–H and O–H groups in total. The van der Waals surface area contributed by atoms with E-state index in [-0.39, 0.29) is 5.91 Å². The summed E-state index contributed by atoms with van der Waals surface area (Å²) in [6.45, 7) is 0.890. The highest BCUT2D eigenvalue weighted by molar-refractivity contribution is 7.17. The Labute approximate surface area is 122 Å². The minimum absolute atomic E-state index is 0.0254. The van der Waals surface area contributed by atoms with Crippen LogP contribution in [0.1, 0.15) is 54.7 Å². The summed E-state index contributed by atoms with van der Waals surface area (Å²) >= 11 is 6.95. The molecule has 1 aromatic rings. The van der Waals surface area contributed by atoms with Crippen LogP contribution in [0.25, 0.3) is 0 Å². The third-order valence-corrected chi connectivity index (χ3v) is 5.02. The second-order valence-corrected chi connectivity index (χ2v) is 7.11. The van der Waals surface area contributed by atoms with Gasteiger partial charge in [0.25, 0.3) is 5.91 Å². The standard InChI is InChI=1S/C13H18ClN3OS/c14-13-16-15-11(19-13)12(18)17(10-6-7-10)8-9-4-2-1-3-5-9/h9-10H,1-8H2. The summed E-state index contributed by atoms with van der Waals surface area (Å²) < 4.78 is 0.344. The number of hydrogen-bond acceptors (Lipinski definition) is 4. The monoisotopic (exact) mass is 299 g/mol. The first kappa shape index (κ1) is 13.3. The molecule has 1 amide bonds. The van der Waals surface area contributed by atoms with Gasteiger partial charge in [-0.15, -0.1) is 10.2 Å². The van der Waals surface area contributed by atoms with Gasteiger partial charge in [0.2, 0.25) is 9.47 Å². The van der Waals surface area contributed by atoms with E-state index in [0.717, 1.165) is 19.4 Å². The quantitative estimate of drug-likeness (QED) is 0.856. The van der Waals surface area contributed by atoms with Crippen LogP contribution in [0.4, 0.5) is 0 Å². The Bertz CT molecular complexity index is 454. The zero-order chi connectivity index (χ0) is 13.2. The molecular formula is C13H18ClN3OS. The molecule has 2 fully saturated rings. The fourth-order valence-corrected chi connectivity index (χ4v) is 3.63. The minimum atomic E-state index is 0.0254. The molecule has 3 rings (SSSR count). The zero-order valence-corrected chi connectivity index (χ0v) is 12.4. The molecular weight excluding hydrogens is 282 g/mol. The van der Waals surface area contributed by atoms with Gasteiger partial charge in [0.15, 0.2) is 0 Å². The first-order valence-electron chi connectivity index (χ1n) is 7.04. The maximum atomic E-state index is 12.5. The largest absolute Gasteiger partial charge is 0.333 e. The van der Waals surface area contributed by atoms with Gasteiger partial charge in [0.05, 0.1) is 0 Å². The van der Waals surface area contributed by atoms with Crippen molar-refractivity contribution in [3.63, 3.8) is 0 Å². The molecule has 2 saturated carbocycles. The summed E-state index contributed by atoms with van der Waals surface area (Å²) in [6.07, 6.45) is 8.74. The number of amides is 1. The van der Waals surface area contributed by atoms with Crippen LogP contribution in [-0.4, -0.2) is 33.6 Å². The van der Waals surface area contributed by atoms with E-state index in [2.05, 4.69) is 10.2 Å². The fraction of sp³-hybridized carbons (Fsp3) is 0.769. The zero-order valence-electron chi connectivity index (χ0n) is 10.8. The van der Waals surface area contributed by atoms with Crippen molar-refractivity contribution in [3.8, 4) is 0 Å². The topological polar surface area (TPSA) is 46.1 Å². The molecule has 0 aromatic carbocycles. The van der Waals surface area contributed by atoms with Crippen LogP contribution < -0.4 is 0 Å². The minimum Gasteiger partial charge on any atom is -0.333 e. The number of nitrogens with zero attached hydrogens (tertiary/aromatic N) is 3. The molecule has 0 saturated heterocycles. The van der Waals surface area contributed by atoms with Gasteiger partial charge in [-0.2, -0.15) is 0 Å². The Balaban J connectivity index is 1.68. The van der Waals surface area contributed by atoms with Crippen molar-refractivity contribution in [2.45, 2.75) is 51.0 Å². The van der Waals surface area contributed by atoms with Gasteiger partial charge in [-0.05, 0) is 43.2 Å². The average Bonchev–Trinajstić information content (AvgIpc) is 3.18. The number of carbonyl (C=O) groups excluding carboxylic acids is 1. The molecule has 104 valence electrons. The van der Waals surface area contributed by atoms with Gasteiger partial charge in [-0.25, -0.2) is 0 Å². The van der Waals surface area contributed by atoms with Crippen LogP contribution in [0.5, 0.6) is 0 Å². The van der Waals surface area contributed by atoms with Gasteiger partial charge < -0.3 is 4.90 Å². The lowest BCUT2D eigenvalue weighted by atomic mass is 9.89. The van der Waals surface area contributed by atoms with Crippen LogP contribution in [0.3, 0.4) is 0 Å². The summed E-state index contributed by atoms with van der Waals surface area (Å²) in [5.41, 5.74) is 0. The van der Waals surface area contributed by atoms with E-state index >= 15 is 0 Å². The van der Waals surface area contributed by atoms with E-state index in [1.54, 1.807) is 0 Å². The van der Waals surface area contributed by atoms with E-state index in [0.29, 0.717) is 21.4 Å². The second kappa shape index (κ2) is 5.75. The predicted octanol–water partition coefficient (Wildman–Crippen LogP) is 3.38. The highest BCUT2D eigenvalue weighted by atomic mass is 35.5. The Morgan fingerprint density at radius 2 is 1.95 bits per heavy atom. The summed E-state index contributed by atoms with van der Waals surface area (Å²) in [5, 5.41) is 8.06. The van der Waals surface area contributed by atoms with E-state index in [1.807, 2.05) is 4.90 Å². The number of halogens is 1. The van der Waals surface area contributed by atoms with E-state index in [4.69, 9.17) is 11.6 Å². The van der Waals surface area contributed by atoms with Gasteiger partial charge in [0, 0.05) is 12.6 Å². The van der Waals surface area contributed by atoms with Gasteiger partial charge in [0.1, 0.15) is 0 Å². The molecule has 0 spiro atoms. The van der Waals surface area contributed by atoms with Crippen molar-refractivity contribution in [1.29, 1.82) is 0 Å². The number of rotatable bonds is 4. The van der Waals surface area contributed by atoms with Gasteiger partial charge in [-0.3, -0.25) is 4.79 Å². The maximum absolute atomic E-state index is 12.5. The second-order valence-electron chi connectivity index (χ2n) is 5.55. The van der Waals surface area contributed by atoms with Gasteiger partial charge in [-0.1, -0.05) is 30.6 Å². The van der Waals surface area contributed by atoms with Crippen LogP contribution in [-0.2, 0) is 0 Å². The molecule has 0 aliphatic heterocycles. The number of hydrogen-bond donors (Lipinski definition) is 0. The smallest absolute Gasteiger partial charge is 0.285 e. The molecule has 19 heavy (non-hydrogen) atoms. The highest BCUT2D eigenvalue weighted by Crippen LogP contribution is 2.33. The Morgan fingerprint density at radius 1 is 1.21 bits per heavy atom. The number of aromatic nitrogens is 2. The predicted molar refractivity (Wildman–Crippen MR) is 75.6 cm³/mol. The van der Waals surface area contributed by atoms with Crippen LogP contribution in [0, 0.1) is 5.92 Å². The van der Waals surface area contributed by atoms with Crippen molar-refractivity contribution in [3.05, 3.63) is 9.47 Å². The molecule has 0 bridgehead atoms. The summed E-state index contributed by atoms with van der Waals surface area (Å²) in [5.74, 6) is 0.694. The highest BCUT2D eigenvalue weighted by Gasteiger charge is 2.35. The summed E-state index contributed by atoms with van der Waals surface area (Å²) in [7, 11) is 0. The molecule has 1 aromatic heterocycles. The molecule has 0 radical (unpaired) electrons. The molecule has 6 heteroatoms. The lowest BCUT2D eigenvalue weighted by Crippen LogP contribution is -2.37. The SMILES string of the molecule is O=C(c1nnc(Cl)s1)N(CC1CCCCC1)C1CC1. The summed E-state index contributed by atoms with van der Waals surface area (Å²) in [4.78, 5) is 14.5. The normalized spacial score (nSPS) is 20.5. The first-order valence-corrected chi connectivity index (χ1v) is 8.23. The maximum Gasteiger partial charge on any atom is 0.285 e. The Kier molecular flexibility index (Phi) is 4.03. The van der Waals surface area contributed by atoms with E-state index < -0.39 is 0 Å². The summed E-state index contributed by atoms with van der Waals surface area (Å²) in [6, 6.07) is 0.428. The molecule has 1 heterocycles. The first-order chi connectivity index (χ1) is 9.24. The van der Waals surface area contributed by atoms with Crippen LogP contribution in [0.15, 0.2) is 0 Å². The lowest BCUT2D eigenvalue weighted by molar-refractivity contribution is 0.0697. The van der Waals surface area contributed by atoms with Crippen molar-refractivity contribution in [2.75, 3.05) is 6.54 Å². The number of carbonyl (C=O) groups is 1. The van der Waals surface area contributed by atoms with Crippen LogP contribution >= 0.6 is 22.9 Å². The molecule has 0 unspecified atom stereocenters. The van der Waals surface area contributed by atoms with Crippen LogP contribution in [0.2, 0.25) is 4.47 Å². The van der Waals surface area contributed by atoms with Crippen molar-refractivity contribution in [2.24, 2.45) is 5.92 Å². The Hall–Kier alpha value is -0.680. The Morgan fingerprint density at radius 3 is 2.53 bits per heavy atom. The average molecular weight is 300 g/mol. The van der Waals surface area contributed by atoms with E-state index in [9.17, 15) is 4.79 Å². The van der Waals surface area contributed by atoms with Crippen molar-refractivity contribution >= 4 is 28.8 Å². The fourth-order valence-electron chi connectivity index (χ4n) is 2.85. The third-order valence-electron chi connectivity index (χ3n) is 4.01. The molecule has 0 atom stereocenters. The van der Waals surface area contributed by atoms with E-state index in [1.165, 1.54) is 43.4 Å². The molecule has 2 aliphatic carbocycles. The van der Waals surface area contributed by atoms with Crippen molar-refractivity contribution < 1.29 is 4.79 Å². The third kappa shape index (κ3) is 3.26. The lowest BCUT2D eigenvalue weighted by Gasteiger charge is -2.29. The molecule has 4 nitrogen and oxygen atoms in total.